The summed E-state index contributed by atoms with van der Waals surface area (Å²) in [5.74, 6) is 0.380. The Hall–Kier alpha value is -3.91. The highest BCUT2D eigenvalue weighted by Gasteiger charge is 2.21. The average Bonchev–Trinajstić information content (AvgIpc) is 2.88. The second-order valence-electron chi connectivity index (χ2n) is 8.22. The summed E-state index contributed by atoms with van der Waals surface area (Å²) in [5, 5.41) is 6.11. The van der Waals surface area contributed by atoms with Gasteiger partial charge in [-0.05, 0) is 48.1 Å². The van der Waals surface area contributed by atoms with Crippen LogP contribution in [0.3, 0.4) is 0 Å². The number of carbonyl (C=O) groups is 2. The summed E-state index contributed by atoms with van der Waals surface area (Å²) >= 11 is 5.43. The van der Waals surface area contributed by atoms with Crippen LogP contribution in [0.4, 0.5) is 11.4 Å². The molecule has 4 rings (SSSR count). The van der Waals surface area contributed by atoms with Gasteiger partial charge in [-0.25, -0.2) is 0 Å². The van der Waals surface area contributed by atoms with Crippen molar-refractivity contribution in [1.29, 1.82) is 0 Å². The van der Waals surface area contributed by atoms with Crippen molar-refractivity contribution in [2.24, 2.45) is 0 Å². The van der Waals surface area contributed by atoms with Crippen LogP contribution < -0.4 is 20.3 Å². The third-order valence-corrected chi connectivity index (χ3v) is 5.99. The number of amides is 2. The third-order valence-electron chi connectivity index (χ3n) is 5.79. The Balaban J connectivity index is 1.35. The number of para-hydroxylation sites is 2. The first-order valence-corrected chi connectivity index (χ1v) is 11.9. The molecule has 0 saturated carbocycles. The maximum atomic E-state index is 12.8. The number of thiocarbonyl (C=S) groups is 1. The van der Waals surface area contributed by atoms with Gasteiger partial charge in [0.15, 0.2) is 5.11 Å². The Kier molecular flexibility index (Phi) is 7.95. The Morgan fingerprint density at radius 1 is 0.914 bits per heavy atom. The van der Waals surface area contributed by atoms with E-state index in [9.17, 15) is 9.59 Å². The van der Waals surface area contributed by atoms with Crippen molar-refractivity contribution in [2.45, 2.75) is 13.5 Å². The highest BCUT2D eigenvalue weighted by atomic mass is 32.1. The number of carbonyl (C=O) groups excluding carboxylic acids is 2. The lowest BCUT2D eigenvalue weighted by molar-refractivity contribution is -0.129. The van der Waals surface area contributed by atoms with E-state index < -0.39 is 0 Å². The molecule has 1 heterocycles. The monoisotopic (exact) mass is 488 g/mol. The molecule has 2 amide bonds. The maximum Gasteiger partial charge on any atom is 0.257 e. The fraction of sp³-hybridized carbons (Fsp3) is 0.222. The van der Waals surface area contributed by atoms with E-state index in [1.807, 2.05) is 65.6 Å². The highest BCUT2D eigenvalue weighted by Crippen LogP contribution is 2.26. The fourth-order valence-electron chi connectivity index (χ4n) is 3.91. The van der Waals surface area contributed by atoms with E-state index in [1.165, 1.54) is 0 Å². The van der Waals surface area contributed by atoms with E-state index in [0.29, 0.717) is 31.0 Å². The third kappa shape index (κ3) is 6.58. The van der Waals surface area contributed by atoms with Crippen LogP contribution >= 0.6 is 12.2 Å². The normalized spacial score (nSPS) is 13.2. The minimum atomic E-state index is -0.319. The van der Waals surface area contributed by atoms with E-state index in [1.54, 1.807) is 25.1 Å². The first kappa shape index (κ1) is 24.2. The smallest absolute Gasteiger partial charge is 0.257 e. The molecule has 1 aliphatic rings. The zero-order valence-corrected chi connectivity index (χ0v) is 20.4. The van der Waals surface area contributed by atoms with Crippen LogP contribution in [0.2, 0.25) is 0 Å². The molecule has 1 saturated heterocycles. The number of piperazine rings is 1. The molecule has 0 aromatic heterocycles. The SMILES string of the molecule is CC(=O)N1CCN(c2ccccc2NC(=S)NC(=O)c2cccc(OCc3ccccc3)c2)CC1. The second kappa shape index (κ2) is 11.5. The number of hydrogen-bond acceptors (Lipinski definition) is 5. The quantitative estimate of drug-likeness (QED) is 0.510. The maximum absolute atomic E-state index is 12.8. The van der Waals surface area contributed by atoms with Crippen molar-refractivity contribution in [1.82, 2.24) is 10.2 Å². The lowest BCUT2D eigenvalue weighted by atomic mass is 10.2. The molecule has 35 heavy (non-hydrogen) atoms. The predicted molar refractivity (Wildman–Crippen MR) is 142 cm³/mol. The van der Waals surface area contributed by atoms with Gasteiger partial charge in [-0.1, -0.05) is 48.5 Å². The van der Waals surface area contributed by atoms with Crippen LogP contribution in [0.1, 0.15) is 22.8 Å². The van der Waals surface area contributed by atoms with E-state index >= 15 is 0 Å². The molecule has 0 unspecified atom stereocenters. The van der Waals surface area contributed by atoms with Gasteiger partial charge >= 0.3 is 0 Å². The number of hydrogen-bond donors (Lipinski definition) is 2. The second-order valence-corrected chi connectivity index (χ2v) is 8.63. The molecule has 0 spiro atoms. The zero-order valence-electron chi connectivity index (χ0n) is 19.6. The van der Waals surface area contributed by atoms with Gasteiger partial charge in [0.1, 0.15) is 12.4 Å². The summed E-state index contributed by atoms with van der Waals surface area (Å²) in [6, 6.07) is 24.7. The average molecular weight is 489 g/mol. The first-order valence-electron chi connectivity index (χ1n) is 11.5. The number of rotatable bonds is 6. The summed E-state index contributed by atoms with van der Waals surface area (Å²) < 4.78 is 5.83. The molecule has 0 atom stereocenters. The van der Waals surface area contributed by atoms with Crippen LogP contribution in [-0.2, 0) is 11.4 Å². The molecule has 7 nitrogen and oxygen atoms in total. The standard InChI is InChI=1S/C27H28N4O3S/c1-20(32)30-14-16-31(17-15-30)25-13-6-5-12-24(25)28-27(35)29-26(33)22-10-7-11-23(18-22)34-19-21-8-3-2-4-9-21/h2-13,18H,14-17,19H2,1H3,(H2,28,29,33,35). The van der Waals surface area contributed by atoms with E-state index in [2.05, 4.69) is 15.5 Å². The van der Waals surface area contributed by atoms with Gasteiger partial charge in [0.25, 0.3) is 5.91 Å². The zero-order chi connectivity index (χ0) is 24.6. The molecule has 3 aromatic rings. The molecule has 180 valence electrons. The lowest BCUT2D eigenvalue weighted by Gasteiger charge is -2.36. The van der Waals surface area contributed by atoms with Crippen molar-refractivity contribution in [3.8, 4) is 5.75 Å². The number of ether oxygens (including phenoxy) is 1. The van der Waals surface area contributed by atoms with Gasteiger partial charge in [-0.15, -0.1) is 0 Å². The number of anilines is 2. The summed E-state index contributed by atoms with van der Waals surface area (Å²) in [4.78, 5) is 28.5. The molecular weight excluding hydrogens is 460 g/mol. The number of nitrogens with zero attached hydrogens (tertiary/aromatic N) is 2. The number of benzene rings is 3. The van der Waals surface area contributed by atoms with E-state index in [4.69, 9.17) is 17.0 Å². The lowest BCUT2D eigenvalue weighted by Crippen LogP contribution is -2.48. The topological polar surface area (TPSA) is 73.9 Å². The summed E-state index contributed by atoms with van der Waals surface area (Å²) in [7, 11) is 0. The summed E-state index contributed by atoms with van der Waals surface area (Å²) in [6.45, 7) is 4.82. The predicted octanol–water partition coefficient (Wildman–Crippen LogP) is 4.06. The van der Waals surface area contributed by atoms with E-state index in [0.717, 1.165) is 30.0 Å². The molecule has 1 aliphatic heterocycles. The summed E-state index contributed by atoms with van der Waals surface area (Å²) in [5.41, 5.74) is 3.28. The minimum absolute atomic E-state index is 0.0921. The Bertz CT molecular complexity index is 1190. The summed E-state index contributed by atoms with van der Waals surface area (Å²) in [6.07, 6.45) is 0. The van der Waals surface area contributed by atoms with Gasteiger partial charge < -0.3 is 19.9 Å². The highest BCUT2D eigenvalue weighted by molar-refractivity contribution is 7.80. The fourth-order valence-corrected chi connectivity index (χ4v) is 4.12. The van der Waals surface area contributed by atoms with E-state index in [-0.39, 0.29) is 16.9 Å². The van der Waals surface area contributed by atoms with Gasteiger partial charge in [0, 0.05) is 38.7 Å². The molecule has 0 radical (unpaired) electrons. The van der Waals surface area contributed by atoms with Crippen molar-refractivity contribution in [2.75, 3.05) is 36.4 Å². The van der Waals surface area contributed by atoms with Crippen molar-refractivity contribution < 1.29 is 14.3 Å². The Morgan fingerprint density at radius 3 is 2.37 bits per heavy atom. The van der Waals surface area contributed by atoms with Gasteiger partial charge in [-0.2, -0.15) is 0 Å². The van der Waals surface area contributed by atoms with Gasteiger partial charge in [0.2, 0.25) is 5.91 Å². The van der Waals surface area contributed by atoms with Crippen molar-refractivity contribution in [3.05, 3.63) is 90.0 Å². The Labute approximate surface area is 210 Å². The molecule has 0 bridgehead atoms. The first-order chi connectivity index (χ1) is 17.0. The van der Waals surface area contributed by atoms with Crippen LogP contribution in [0.25, 0.3) is 0 Å². The van der Waals surface area contributed by atoms with Gasteiger partial charge in [0.05, 0.1) is 11.4 Å². The number of nitrogens with one attached hydrogen (secondary N) is 2. The molecule has 3 aromatic carbocycles. The minimum Gasteiger partial charge on any atom is -0.489 e. The van der Waals surface area contributed by atoms with Crippen LogP contribution in [0, 0.1) is 0 Å². The Morgan fingerprint density at radius 2 is 1.63 bits per heavy atom. The molecule has 8 heteroatoms. The van der Waals surface area contributed by atoms with Crippen molar-refractivity contribution in [3.63, 3.8) is 0 Å². The van der Waals surface area contributed by atoms with Crippen LogP contribution in [-0.4, -0.2) is 48.0 Å². The van der Waals surface area contributed by atoms with Crippen molar-refractivity contribution >= 4 is 40.5 Å². The molecular formula is C27H28N4O3S. The molecule has 2 N–H and O–H groups in total. The molecule has 0 aliphatic carbocycles. The largest absolute Gasteiger partial charge is 0.489 e. The van der Waals surface area contributed by atoms with Crippen LogP contribution in [0.15, 0.2) is 78.9 Å². The van der Waals surface area contributed by atoms with Crippen LogP contribution in [0.5, 0.6) is 5.75 Å². The molecule has 1 fully saturated rings. The van der Waals surface area contributed by atoms with Gasteiger partial charge in [-0.3, -0.25) is 14.9 Å².